The van der Waals surface area contributed by atoms with Crippen LogP contribution in [-0.4, -0.2) is 37.2 Å². The van der Waals surface area contributed by atoms with Gasteiger partial charge in [0.05, 0.1) is 23.3 Å². The maximum absolute atomic E-state index is 13.2. The quantitative estimate of drug-likeness (QED) is 0.392. The SMILES string of the molecule is CCC1C(C(=O)Nc2cc3cc(-c4cnc5c(c4C)NCCC5)nc(N)c3cn2)C1c1cnn(C)c1. The number of aromatic nitrogens is 5. The minimum Gasteiger partial charge on any atom is -0.383 e. The van der Waals surface area contributed by atoms with Gasteiger partial charge in [0.25, 0.3) is 0 Å². The first-order valence-corrected chi connectivity index (χ1v) is 12.5. The Labute approximate surface area is 209 Å². The summed E-state index contributed by atoms with van der Waals surface area (Å²) in [6, 6.07) is 3.86. The molecule has 36 heavy (non-hydrogen) atoms. The van der Waals surface area contributed by atoms with E-state index in [4.69, 9.17) is 5.73 Å². The number of anilines is 3. The molecule has 1 fully saturated rings. The number of nitrogens with zero attached hydrogens (tertiary/aromatic N) is 5. The van der Waals surface area contributed by atoms with Crippen molar-refractivity contribution in [2.75, 3.05) is 22.9 Å². The van der Waals surface area contributed by atoms with E-state index in [9.17, 15) is 4.79 Å². The lowest BCUT2D eigenvalue weighted by molar-refractivity contribution is -0.117. The van der Waals surface area contributed by atoms with E-state index in [0.717, 1.165) is 70.3 Å². The maximum atomic E-state index is 13.2. The molecule has 0 radical (unpaired) electrons. The van der Waals surface area contributed by atoms with Crippen LogP contribution in [0.25, 0.3) is 22.0 Å². The van der Waals surface area contributed by atoms with Crippen LogP contribution < -0.4 is 16.4 Å². The molecule has 0 aromatic carbocycles. The van der Waals surface area contributed by atoms with Crippen LogP contribution in [0.1, 0.15) is 42.5 Å². The summed E-state index contributed by atoms with van der Waals surface area (Å²) in [5.74, 6) is 1.34. The van der Waals surface area contributed by atoms with E-state index in [0.29, 0.717) is 17.6 Å². The standard InChI is InChI=1S/C27H30N8O/c1-4-17-23(16-10-32-35(3)13-16)24(17)27(36)34-22-9-15-8-21(33-26(28)19(15)12-31-22)18-11-30-20-6-5-7-29-25(20)14(18)2/h8-13,17,23-24,29H,4-7H2,1-3H3,(H2,28,33)(H,31,34,36). The molecule has 4 N–H and O–H groups in total. The van der Waals surface area contributed by atoms with Gasteiger partial charge in [-0.15, -0.1) is 0 Å². The summed E-state index contributed by atoms with van der Waals surface area (Å²) in [4.78, 5) is 27.0. The monoisotopic (exact) mass is 482 g/mol. The van der Waals surface area contributed by atoms with Gasteiger partial charge in [-0.3, -0.25) is 14.5 Å². The Morgan fingerprint density at radius 3 is 2.89 bits per heavy atom. The molecular formula is C27H30N8O. The van der Waals surface area contributed by atoms with Gasteiger partial charge in [0.1, 0.15) is 11.6 Å². The van der Waals surface area contributed by atoms with Crippen molar-refractivity contribution >= 4 is 34.0 Å². The third-order valence-electron chi connectivity index (χ3n) is 7.63. The highest BCUT2D eigenvalue weighted by molar-refractivity contribution is 5.99. The lowest BCUT2D eigenvalue weighted by Gasteiger charge is -2.21. The van der Waals surface area contributed by atoms with Crippen LogP contribution in [0.3, 0.4) is 0 Å². The highest BCUT2D eigenvalue weighted by Crippen LogP contribution is 2.56. The molecule has 1 aliphatic carbocycles. The van der Waals surface area contributed by atoms with Gasteiger partial charge in [-0.2, -0.15) is 5.10 Å². The smallest absolute Gasteiger partial charge is 0.229 e. The Bertz CT molecular complexity index is 1490. The van der Waals surface area contributed by atoms with E-state index < -0.39 is 0 Å². The molecule has 5 heterocycles. The van der Waals surface area contributed by atoms with Crippen LogP contribution in [0.5, 0.6) is 0 Å². The number of nitrogen functional groups attached to an aromatic ring is 1. The highest BCUT2D eigenvalue weighted by atomic mass is 16.2. The van der Waals surface area contributed by atoms with Gasteiger partial charge < -0.3 is 16.4 Å². The molecule has 1 saturated carbocycles. The van der Waals surface area contributed by atoms with E-state index in [1.54, 1.807) is 10.9 Å². The molecule has 6 rings (SSSR count). The summed E-state index contributed by atoms with van der Waals surface area (Å²) in [5, 5.41) is 12.4. The van der Waals surface area contributed by atoms with Crippen LogP contribution >= 0.6 is 0 Å². The zero-order valence-corrected chi connectivity index (χ0v) is 20.7. The fourth-order valence-electron chi connectivity index (χ4n) is 5.70. The predicted molar refractivity (Wildman–Crippen MR) is 141 cm³/mol. The molecule has 1 aliphatic heterocycles. The largest absolute Gasteiger partial charge is 0.383 e. The molecule has 1 amide bonds. The number of carbonyl (C=O) groups excluding carboxylic acids is 1. The van der Waals surface area contributed by atoms with Crippen LogP contribution in [0.4, 0.5) is 17.3 Å². The number of nitrogens with one attached hydrogen (secondary N) is 2. The molecule has 2 aliphatic rings. The average Bonchev–Trinajstić information content (AvgIpc) is 3.47. The van der Waals surface area contributed by atoms with Gasteiger partial charge in [-0.1, -0.05) is 13.3 Å². The first kappa shape index (κ1) is 22.5. The van der Waals surface area contributed by atoms with Gasteiger partial charge in [0.15, 0.2) is 0 Å². The number of pyridine rings is 3. The summed E-state index contributed by atoms with van der Waals surface area (Å²) in [6.07, 6.45) is 10.4. The summed E-state index contributed by atoms with van der Waals surface area (Å²) in [7, 11) is 1.90. The lowest BCUT2D eigenvalue weighted by atomic mass is 9.99. The Kier molecular flexibility index (Phi) is 5.35. The van der Waals surface area contributed by atoms with Crippen molar-refractivity contribution in [3.05, 3.63) is 53.7 Å². The average molecular weight is 483 g/mol. The Morgan fingerprint density at radius 1 is 1.25 bits per heavy atom. The van der Waals surface area contributed by atoms with Crippen LogP contribution in [0, 0.1) is 18.8 Å². The molecule has 0 spiro atoms. The highest BCUT2D eigenvalue weighted by Gasteiger charge is 2.54. The summed E-state index contributed by atoms with van der Waals surface area (Å²) in [5.41, 5.74) is 12.5. The number of nitrogens with two attached hydrogens (primary N) is 1. The molecule has 4 aromatic rings. The molecule has 9 heteroatoms. The summed E-state index contributed by atoms with van der Waals surface area (Å²) >= 11 is 0. The zero-order valence-electron chi connectivity index (χ0n) is 20.7. The molecule has 0 saturated heterocycles. The van der Waals surface area contributed by atoms with Crippen molar-refractivity contribution in [2.45, 2.75) is 39.0 Å². The van der Waals surface area contributed by atoms with Crippen molar-refractivity contribution in [2.24, 2.45) is 18.9 Å². The second-order valence-electron chi connectivity index (χ2n) is 9.89. The maximum Gasteiger partial charge on any atom is 0.229 e. The number of hydrogen-bond donors (Lipinski definition) is 3. The normalized spacial score (nSPS) is 20.6. The second-order valence-corrected chi connectivity index (χ2v) is 9.89. The Balaban J connectivity index is 1.29. The number of fused-ring (bicyclic) bond motifs is 2. The molecular weight excluding hydrogens is 452 g/mol. The third-order valence-corrected chi connectivity index (χ3v) is 7.63. The minimum absolute atomic E-state index is 0.00869. The van der Waals surface area contributed by atoms with Crippen molar-refractivity contribution in [1.82, 2.24) is 24.7 Å². The first-order valence-electron chi connectivity index (χ1n) is 12.5. The van der Waals surface area contributed by atoms with Crippen LogP contribution in [0.15, 0.2) is 36.9 Å². The van der Waals surface area contributed by atoms with Gasteiger partial charge in [0.2, 0.25) is 5.91 Å². The van der Waals surface area contributed by atoms with Crippen LogP contribution in [0.2, 0.25) is 0 Å². The first-order chi connectivity index (χ1) is 17.4. The van der Waals surface area contributed by atoms with E-state index in [2.05, 4.69) is 44.5 Å². The van der Waals surface area contributed by atoms with Gasteiger partial charge >= 0.3 is 0 Å². The third kappa shape index (κ3) is 3.75. The van der Waals surface area contributed by atoms with E-state index >= 15 is 0 Å². The number of hydrogen-bond acceptors (Lipinski definition) is 7. The summed E-state index contributed by atoms with van der Waals surface area (Å²) < 4.78 is 1.78. The van der Waals surface area contributed by atoms with Crippen molar-refractivity contribution < 1.29 is 4.79 Å². The van der Waals surface area contributed by atoms with E-state index in [-0.39, 0.29) is 17.7 Å². The van der Waals surface area contributed by atoms with Crippen molar-refractivity contribution in [3.63, 3.8) is 0 Å². The number of amides is 1. The summed E-state index contributed by atoms with van der Waals surface area (Å²) in [6.45, 7) is 5.16. The fraction of sp³-hybridized carbons (Fsp3) is 0.370. The minimum atomic E-state index is -0.0773. The fourth-order valence-corrected chi connectivity index (χ4v) is 5.70. The van der Waals surface area contributed by atoms with Crippen LogP contribution in [-0.2, 0) is 18.3 Å². The molecule has 184 valence electrons. The van der Waals surface area contributed by atoms with Crippen molar-refractivity contribution in [3.8, 4) is 11.3 Å². The number of carbonyl (C=O) groups is 1. The number of rotatable bonds is 5. The molecule has 0 bridgehead atoms. The zero-order chi connectivity index (χ0) is 25.0. The second kappa shape index (κ2) is 8.58. The molecule has 4 aromatic heterocycles. The van der Waals surface area contributed by atoms with E-state index in [1.165, 1.54) is 0 Å². The van der Waals surface area contributed by atoms with Crippen molar-refractivity contribution in [1.29, 1.82) is 0 Å². The molecule has 9 nitrogen and oxygen atoms in total. The molecule has 3 unspecified atom stereocenters. The molecule has 3 atom stereocenters. The van der Waals surface area contributed by atoms with Gasteiger partial charge in [-0.25, -0.2) is 9.97 Å². The Morgan fingerprint density at radius 2 is 2.11 bits per heavy atom. The Hall–Kier alpha value is -4.01. The predicted octanol–water partition coefficient (Wildman–Crippen LogP) is 4.05. The number of aryl methyl sites for hydroxylation is 2. The topological polar surface area (TPSA) is 124 Å². The lowest BCUT2D eigenvalue weighted by Crippen LogP contribution is -2.16. The van der Waals surface area contributed by atoms with E-state index in [1.807, 2.05) is 37.8 Å². The van der Waals surface area contributed by atoms with Gasteiger partial charge in [0, 0.05) is 55.0 Å². The van der Waals surface area contributed by atoms with Gasteiger partial charge in [-0.05, 0) is 54.3 Å².